The second-order valence-electron chi connectivity index (χ2n) is 3.47. The van der Waals surface area contributed by atoms with E-state index in [-0.39, 0.29) is 11.9 Å². The van der Waals surface area contributed by atoms with Crippen molar-refractivity contribution in [3.05, 3.63) is 0 Å². The van der Waals surface area contributed by atoms with Crippen LogP contribution in [0.4, 0.5) is 0 Å². The lowest BCUT2D eigenvalue weighted by molar-refractivity contribution is -0.150. The van der Waals surface area contributed by atoms with Gasteiger partial charge in [0, 0.05) is 6.04 Å². The smallest absolute Gasteiger partial charge is 0.310 e. The SMILES string of the molecule is CCOC(=O)C1CCCNC1CC. The van der Waals surface area contributed by atoms with E-state index in [4.69, 9.17) is 4.74 Å². The molecule has 1 heterocycles. The molecule has 0 aromatic heterocycles. The summed E-state index contributed by atoms with van der Waals surface area (Å²) < 4.78 is 5.03. The minimum atomic E-state index is -0.0263. The Kier molecular flexibility index (Phi) is 4.22. The van der Waals surface area contributed by atoms with Crippen LogP contribution in [-0.2, 0) is 9.53 Å². The van der Waals surface area contributed by atoms with E-state index in [9.17, 15) is 4.79 Å². The van der Waals surface area contributed by atoms with Gasteiger partial charge in [-0.15, -0.1) is 0 Å². The highest BCUT2D eigenvalue weighted by molar-refractivity contribution is 5.73. The predicted octanol–water partition coefficient (Wildman–Crippen LogP) is 1.33. The van der Waals surface area contributed by atoms with Crippen molar-refractivity contribution in [2.24, 2.45) is 5.92 Å². The van der Waals surface area contributed by atoms with E-state index in [1.165, 1.54) is 0 Å². The van der Waals surface area contributed by atoms with Gasteiger partial charge in [0.05, 0.1) is 12.5 Å². The number of nitrogens with one attached hydrogen (secondary N) is 1. The molecule has 1 aliphatic heterocycles. The Hall–Kier alpha value is -0.570. The molecule has 3 heteroatoms. The van der Waals surface area contributed by atoms with Crippen molar-refractivity contribution in [3.63, 3.8) is 0 Å². The lowest BCUT2D eigenvalue weighted by Gasteiger charge is -2.30. The molecule has 0 amide bonds. The molecule has 0 spiro atoms. The van der Waals surface area contributed by atoms with Crippen LogP contribution in [0, 0.1) is 5.92 Å². The van der Waals surface area contributed by atoms with Gasteiger partial charge in [-0.05, 0) is 32.7 Å². The van der Waals surface area contributed by atoms with Crippen LogP contribution in [0.1, 0.15) is 33.1 Å². The first-order valence-electron chi connectivity index (χ1n) is 5.19. The van der Waals surface area contributed by atoms with E-state index in [2.05, 4.69) is 12.2 Å². The molecule has 1 saturated heterocycles. The van der Waals surface area contributed by atoms with E-state index in [0.717, 1.165) is 25.8 Å². The van der Waals surface area contributed by atoms with Gasteiger partial charge in [-0.1, -0.05) is 6.92 Å². The average molecular weight is 185 g/mol. The molecule has 13 heavy (non-hydrogen) atoms. The van der Waals surface area contributed by atoms with E-state index >= 15 is 0 Å². The van der Waals surface area contributed by atoms with Gasteiger partial charge in [0.1, 0.15) is 0 Å². The van der Waals surface area contributed by atoms with Crippen molar-refractivity contribution >= 4 is 5.97 Å². The van der Waals surface area contributed by atoms with Crippen molar-refractivity contribution in [2.45, 2.75) is 39.2 Å². The molecular formula is C10H19NO2. The Balaban J connectivity index is 2.48. The van der Waals surface area contributed by atoms with E-state index in [0.29, 0.717) is 12.6 Å². The molecule has 2 unspecified atom stereocenters. The number of piperidine rings is 1. The van der Waals surface area contributed by atoms with Crippen molar-refractivity contribution in [1.82, 2.24) is 5.32 Å². The summed E-state index contributed by atoms with van der Waals surface area (Å²) in [4.78, 5) is 11.5. The predicted molar refractivity (Wildman–Crippen MR) is 51.4 cm³/mol. The van der Waals surface area contributed by atoms with Gasteiger partial charge in [0.25, 0.3) is 0 Å². The topological polar surface area (TPSA) is 38.3 Å². The molecular weight excluding hydrogens is 166 g/mol. The Bertz CT molecular complexity index is 170. The van der Waals surface area contributed by atoms with E-state index in [1.807, 2.05) is 6.92 Å². The van der Waals surface area contributed by atoms with Gasteiger partial charge in [0.15, 0.2) is 0 Å². The normalized spacial score (nSPS) is 28.5. The maximum absolute atomic E-state index is 11.5. The lowest BCUT2D eigenvalue weighted by atomic mass is 9.89. The van der Waals surface area contributed by atoms with Crippen LogP contribution in [0.3, 0.4) is 0 Å². The quantitative estimate of drug-likeness (QED) is 0.674. The number of hydrogen-bond acceptors (Lipinski definition) is 3. The zero-order valence-corrected chi connectivity index (χ0v) is 8.51. The molecule has 1 fully saturated rings. The fourth-order valence-corrected chi connectivity index (χ4v) is 1.91. The monoisotopic (exact) mass is 185 g/mol. The minimum Gasteiger partial charge on any atom is -0.466 e. The summed E-state index contributed by atoms with van der Waals surface area (Å²) >= 11 is 0. The fourth-order valence-electron chi connectivity index (χ4n) is 1.91. The zero-order valence-electron chi connectivity index (χ0n) is 8.51. The molecule has 1 rings (SSSR count). The Morgan fingerprint density at radius 2 is 2.31 bits per heavy atom. The summed E-state index contributed by atoms with van der Waals surface area (Å²) in [5.74, 6) is 0.0558. The summed E-state index contributed by atoms with van der Waals surface area (Å²) in [5.41, 5.74) is 0. The van der Waals surface area contributed by atoms with Crippen molar-refractivity contribution in [1.29, 1.82) is 0 Å². The number of carbonyl (C=O) groups excluding carboxylic acids is 1. The van der Waals surface area contributed by atoms with Crippen LogP contribution in [-0.4, -0.2) is 25.2 Å². The van der Waals surface area contributed by atoms with Gasteiger partial charge in [-0.2, -0.15) is 0 Å². The summed E-state index contributed by atoms with van der Waals surface area (Å²) in [6.07, 6.45) is 3.06. The molecule has 3 nitrogen and oxygen atoms in total. The number of rotatable bonds is 3. The molecule has 76 valence electrons. The molecule has 1 aliphatic rings. The first-order valence-corrected chi connectivity index (χ1v) is 5.19. The maximum Gasteiger partial charge on any atom is 0.310 e. The van der Waals surface area contributed by atoms with Crippen LogP contribution in [0.5, 0.6) is 0 Å². The second-order valence-corrected chi connectivity index (χ2v) is 3.47. The van der Waals surface area contributed by atoms with Gasteiger partial charge < -0.3 is 10.1 Å². The summed E-state index contributed by atoms with van der Waals surface area (Å²) in [6, 6.07) is 0.327. The van der Waals surface area contributed by atoms with Crippen LogP contribution in [0.25, 0.3) is 0 Å². The van der Waals surface area contributed by atoms with Gasteiger partial charge >= 0.3 is 5.97 Å². The van der Waals surface area contributed by atoms with Crippen LogP contribution >= 0.6 is 0 Å². The Morgan fingerprint density at radius 1 is 1.54 bits per heavy atom. The Labute approximate surface area is 79.8 Å². The largest absolute Gasteiger partial charge is 0.466 e. The zero-order chi connectivity index (χ0) is 9.68. The molecule has 0 saturated carbocycles. The third kappa shape index (κ3) is 2.69. The third-order valence-electron chi connectivity index (χ3n) is 2.61. The van der Waals surface area contributed by atoms with E-state index < -0.39 is 0 Å². The summed E-state index contributed by atoms with van der Waals surface area (Å²) in [7, 11) is 0. The first kappa shape index (κ1) is 10.5. The fraction of sp³-hybridized carbons (Fsp3) is 0.900. The van der Waals surface area contributed by atoms with Crippen molar-refractivity contribution < 1.29 is 9.53 Å². The molecule has 0 aromatic carbocycles. The van der Waals surface area contributed by atoms with Gasteiger partial charge in [-0.25, -0.2) is 0 Å². The number of ether oxygens (including phenoxy) is 1. The number of esters is 1. The number of hydrogen-bond donors (Lipinski definition) is 1. The standard InChI is InChI=1S/C10H19NO2/c1-3-9-8(6-5-7-11-9)10(12)13-4-2/h8-9,11H,3-7H2,1-2H3. The molecule has 2 atom stereocenters. The third-order valence-corrected chi connectivity index (χ3v) is 2.61. The highest BCUT2D eigenvalue weighted by Crippen LogP contribution is 2.20. The second kappa shape index (κ2) is 5.22. The summed E-state index contributed by atoms with van der Waals surface area (Å²) in [6.45, 7) is 5.49. The molecule has 0 aliphatic carbocycles. The van der Waals surface area contributed by atoms with Crippen molar-refractivity contribution in [3.8, 4) is 0 Å². The first-order chi connectivity index (χ1) is 6.29. The molecule has 0 radical (unpaired) electrons. The van der Waals surface area contributed by atoms with Crippen LogP contribution in [0.2, 0.25) is 0 Å². The molecule has 0 aromatic rings. The lowest BCUT2D eigenvalue weighted by Crippen LogP contribution is -2.44. The maximum atomic E-state index is 11.5. The average Bonchev–Trinajstić information content (AvgIpc) is 2.18. The van der Waals surface area contributed by atoms with E-state index in [1.54, 1.807) is 0 Å². The van der Waals surface area contributed by atoms with Crippen LogP contribution in [0.15, 0.2) is 0 Å². The van der Waals surface area contributed by atoms with Gasteiger partial charge in [-0.3, -0.25) is 4.79 Å². The van der Waals surface area contributed by atoms with Crippen LogP contribution < -0.4 is 5.32 Å². The highest BCUT2D eigenvalue weighted by atomic mass is 16.5. The minimum absolute atomic E-state index is 0.0263. The van der Waals surface area contributed by atoms with Gasteiger partial charge in [0.2, 0.25) is 0 Å². The molecule has 0 bridgehead atoms. The molecule has 1 N–H and O–H groups in total. The highest BCUT2D eigenvalue weighted by Gasteiger charge is 2.30. The summed E-state index contributed by atoms with van der Waals surface area (Å²) in [5, 5.41) is 3.36. The van der Waals surface area contributed by atoms with Crippen molar-refractivity contribution in [2.75, 3.05) is 13.2 Å². The Morgan fingerprint density at radius 3 is 2.92 bits per heavy atom. The number of carbonyl (C=O) groups is 1.